The van der Waals surface area contributed by atoms with Gasteiger partial charge < -0.3 is 0 Å². The molecule has 0 aromatic heterocycles. The molecule has 0 bridgehead atoms. The van der Waals surface area contributed by atoms with Crippen LogP contribution in [-0.4, -0.2) is 0 Å². The Hall–Kier alpha value is -4.72. The summed E-state index contributed by atoms with van der Waals surface area (Å²) in [5, 5.41) is 2.59. The van der Waals surface area contributed by atoms with Gasteiger partial charge in [-0.2, -0.15) is 0 Å². The van der Waals surface area contributed by atoms with Crippen LogP contribution in [0.5, 0.6) is 0 Å². The van der Waals surface area contributed by atoms with Crippen molar-refractivity contribution < 1.29 is 0 Å². The number of benzene rings is 7. The second-order valence-electron chi connectivity index (χ2n) is 11.4. The minimum atomic E-state index is -0.454. The van der Waals surface area contributed by atoms with Crippen molar-refractivity contribution in [1.29, 1.82) is 0 Å². The van der Waals surface area contributed by atoms with E-state index in [1.165, 1.54) is 77.5 Å². The van der Waals surface area contributed by atoms with E-state index in [1.54, 1.807) is 0 Å². The molecular weight excluding hydrogens is 572 g/mol. The highest BCUT2D eigenvalue weighted by Crippen LogP contribution is 2.62. The van der Waals surface area contributed by atoms with E-state index in [0.29, 0.717) is 0 Å². The van der Waals surface area contributed by atoms with Crippen LogP contribution in [0.15, 0.2) is 156 Å². The van der Waals surface area contributed by atoms with Gasteiger partial charge in [0, 0.05) is 4.47 Å². The number of fused-ring (bicyclic) bond motifs is 9. The maximum Gasteiger partial charge on any atom is 0.0726 e. The van der Waals surface area contributed by atoms with Crippen LogP contribution in [0.3, 0.4) is 0 Å². The standard InChI is InChI=1S/C41H25Br/c42-39-23-22-33-30-14-7-8-16-35(30)41(36-17-9-15-34(39)40(33)36)37-24-28(26-10-3-1-4-11-26)18-20-31(37)32-21-19-29(25-38(32)41)27-12-5-2-6-13-27/h1-25H. The van der Waals surface area contributed by atoms with Gasteiger partial charge in [-0.25, -0.2) is 0 Å². The monoisotopic (exact) mass is 596 g/mol. The van der Waals surface area contributed by atoms with Gasteiger partial charge in [0.25, 0.3) is 0 Å². The fourth-order valence-corrected chi connectivity index (χ4v) is 8.09. The van der Waals surface area contributed by atoms with Crippen molar-refractivity contribution in [3.8, 4) is 44.5 Å². The molecule has 0 nitrogen and oxygen atoms in total. The molecule has 0 atom stereocenters. The lowest BCUT2D eigenvalue weighted by molar-refractivity contribution is 0.774. The molecule has 2 aliphatic rings. The summed E-state index contributed by atoms with van der Waals surface area (Å²) >= 11 is 3.90. The molecule has 9 rings (SSSR count). The van der Waals surface area contributed by atoms with E-state index in [1.807, 2.05) is 0 Å². The molecule has 196 valence electrons. The fraction of sp³-hybridized carbons (Fsp3) is 0.0244. The number of hydrogen-bond donors (Lipinski definition) is 0. The van der Waals surface area contributed by atoms with Crippen molar-refractivity contribution in [1.82, 2.24) is 0 Å². The second kappa shape index (κ2) is 8.89. The average molecular weight is 598 g/mol. The molecule has 1 spiro atoms. The smallest absolute Gasteiger partial charge is 0.0622 e. The van der Waals surface area contributed by atoms with E-state index in [4.69, 9.17) is 0 Å². The van der Waals surface area contributed by atoms with Gasteiger partial charge >= 0.3 is 0 Å². The van der Waals surface area contributed by atoms with E-state index >= 15 is 0 Å². The summed E-state index contributed by atoms with van der Waals surface area (Å²) in [7, 11) is 0. The van der Waals surface area contributed by atoms with Crippen molar-refractivity contribution in [2.75, 3.05) is 0 Å². The molecule has 0 unspecified atom stereocenters. The largest absolute Gasteiger partial charge is 0.0726 e. The number of halogens is 1. The first-order chi connectivity index (χ1) is 20.7. The van der Waals surface area contributed by atoms with E-state index in [2.05, 4.69) is 168 Å². The van der Waals surface area contributed by atoms with Crippen molar-refractivity contribution in [2.45, 2.75) is 5.41 Å². The van der Waals surface area contributed by atoms with Gasteiger partial charge in [0.15, 0.2) is 0 Å². The van der Waals surface area contributed by atoms with Gasteiger partial charge in [-0.3, -0.25) is 0 Å². The Bertz CT molecular complexity index is 2100. The summed E-state index contributed by atoms with van der Waals surface area (Å²) in [5.41, 5.74) is 15.2. The van der Waals surface area contributed by atoms with Crippen LogP contribution in [-0.2, 0) is 5.41 Å². The van der Waals surface area contributed by atoms with Gasteiger partial charge in [-0.15, -0.1) is 0 Å². The van der Waals surface area contributed by atoms with E-state index < -0.39 is 5.41 Å². The lowest BCUT2D eigenvalue weighted by atomic mass is 9.61. The van der Waals surface area contributed by atoms with E-state index in [-0.39, 0.29) is 0 Å². The van der Waals surface area contributed by atoms with Crippen molar-refractivity contribution in [3.05, 3.63) is 178 Å². The highest BCUT2D eigenvalue weighted by atomic mass is 79.9. The van der Waals surface area contributed by atoms with E-state index in [0.717, 1.165) is 4.47 Å². The number of hydrogen-bond acceptors (Lipinski definition) is 0. The molecule has 1 heteroatoms. The molecule has 42 heavy (non-hydrogen) atoms. The molecule has 0 heterocycles. The van der Waals surface area contributed by atoms with Gasteiger partial charge in [0.05, 0.1) is 5.41 Å². The molecule has 0 saturated heterocycles. The topological polar surface area (TPSA) is 0 Å². The van der Waals surface area contributed by atoms with Crippen LogP contribution in [0, 0.1) is 0 Å². The Morgan fingerprint density at radius 3 is 1.52 bits per heavy atom. The quantitative estimate of drug-likeness (QED) is 0.186. The fourth-order valence-electron chi connectivity index (χ4n) is 7.62. The molecule has 2 aliphatic carbocycles. The van der Waals surface area contributed by atoms with Crippen LogP contribution in [0.1, 0.15) is 22.3 Å². The molecule has 7 aromatic carbocycles. The minimum Gasteiger partial charge on any atom is -0.0622 e. The average Bonchev–Trinajstić information content (AvgIpc) is 3.34. The lowest BCUT2D eigenvalue weighted by Crippen LogP contribution is -2.32. The summed E-state index contributed by atoms with van der Waals surface area (Å²) in [6, 6.07) is 56.2. The molecular formula is C41H25Br. The van der Waals surface area contributed by atoms with Crippen molar-refractivity contribution >= 4 is 26.7 Å². The number of rotatable bonds is 2. The van der Waals surface area contributed by atoms with Crippen LogP contribution < -0.4 is 0 Å². The third-order valence-corrected chi connectivity index (χ3v) is 10.1. The van der Waals surface area contributed by atoms with Crippen molar-refractivity contribution in [2.24, 2.45) is 0 Å². The summed E-state index contributed by atoms with van der Waals surface area (Å²) in [5.74, 6) is 0. The summed E-state index contributed by atoms with van der Waals surface area (Å²) in [4.78, 5) is 0. The zero-order valence-electron chi connectivity index (χ0n) is 22.8. The highest BCUT2D eigenvalue weighted by Gasteiger charge is 2.50. The van der Waals surface area contributed by atoms with Crippen LogP contribution in [0.2, 0.25) is 0 Å². The zero-order valence-corrected chi connectivity index (χ0v) is 24.4. The predicted molar refractivity (Wildman–Crippen MR) is 179 cm³/mol. The van der Waals surface area contributed by atoms with Gasteiger partial charge in [0.2, 0.25) is 0 Å². The Balaban J connectivity index is 1.47. The zero-order chi connectivity index (χ0) is 27.8. The first kappa shape index (κ1) is 23.9. The Kier molecular flexibility index (Phi) is 5.06. The molecule has 0 aliphatic heterocycles. The van der Waals surface area contributed by atoms with Crippen LogP contribution >= 0.6 is 15.9 Å². The third-order valence-electron chi connectivity index (χ3n) is 9.36. The Morgan fingerprint density at radius 2 is 0.881 bits per heavy atom. The van der Waals surface area contributed by atoms with Crippen LogP contribution in [0.4, 0.5) is 0 Å². The lowest BCUT2D eigenvalue weighted by Gasteiger charge is -2.40. The molecule has 0 saturated carbocycles. The minimum absolute atomic E-state index is 0.454. The summed E-state index contributed by atoms with van der Waals surface area (Å²) in [6.07, 6.45) is 0. The van der Waals surface area contributed by atoms with Crippen molar-refractivity contribution in [3.63, 3.8) is 0 Å². The molecule has 0 fully saturated rings. The predicted octanol–water partition coefficient (Wildman–Crippen LogP) is 11.3. The SMILES string of the molecule is Brc1ccc2c3c(cccc13)C1(c3cc(-c4ccccc4)ccc3-c3ccc(-c4ccccc4)cc31)c1ccccc1-2. The normalized spacial score (nSPS) is 13.5. The van der Waals surface area contributed by atoms with Gasteiger partial charge in [-0.05, 0) is 95.7 Å². The molecule has 0 amide bonds. The third kappa shape index (κ3) is 3.12. The maximum atomic E-state index is 3.90. The molecule has 0 N–H and O–H groups in total. The molecule has 7 aromatic rings. The maximum absolute atomic E-state index is 3.90. The Morgan fingerprint density at radius 1 is 0.357 bits per heavy atom. The molecule has 0 radical (unpaired) electrons. The van der Waals surface area contributed by atoms with E-state index in [9.17, 15) is 0 Å². The van der Waals surface area contributed by atoms with Gasteiger partial charge in [-0.1, -0.05) is 149 Å². The summed E-state index contributed by atoms with van der Waals surface area (Å²) < 4.78 is 1.13. The van der Waals surface area contributed by atoms with Gasteiger partial charge in [0.1, 0.15) is 0 Å². The van der Waals surface area contributed by atoms with Crippen LogP contribution in [0.25, 0.3) is 55.3 Å². The summed E-state index contributed by atoms with van der Waals surface area (Å²) in [6.45, 7) is 0. The Labute approximate surface area is 254 Å². The highest BCUT2D eigenvalue weighted by molar-refractivity contribution is 9.10. The first-order valence-corrected chi connectivity index (χ1v) is 15.3. The second-order valence-corrected chi connectivity index (χ2v) is 12.2. The first-order valence-electron chi connectivity index (χ1n) is 14.5.